The van der Waals surface area contributed by atoms with Gasteiger partial charge in [0.25, 0.3) is 11.8 Å². The zero-order valence-corrected chi connectivity index (χ0v) is 12.7. The number of hydrogen-bond donors (Lipinski definition) is 2. The lowest BCUT2D eigenvalue weighted by Crippen LogP contribution is -2.18. The summed E-state index contributed by atoms with van der Waals surface area (Å²) in [5.74, 6) is -1.06. The van der Waals surface area contributed by atoms with E-state index < -0.39 is 11.7 Å². The number of carbonyl (C=O) groups excluding carboxylic acids is 2. The van der Waals surface area contributed by atoms with Crippen LogP contribution in [0.5, 0.6) is 0 Å². The largest absolute Gasteiger partial charge is 0.355 e. The number of anilines is 1. The van der Waals surface area contributed by atoms with Crippen LogP contribution in [0.2, 0.25) is 0 Å². The number of nitrogens with one attached hydrogen (secondary N) is 2. The molecule has 2 aromatic rings. The van der Waals surface area contributed by atoms with Crippen LogP contribution in [0.25, 0.3) is 0 Å². The average molecular weight is 351 g/mol. The van der Waals surface area contributed by atoms with Crippen LogP contribution in [0.15, 0.2) is 46.9 Å². The van der Waals surface area contributed by atoms with Gasteiger partial charge in [0, 0.05) is 22.8 Å². The van der Waals surface area contributed by atoms with E-state index in [2.05, 4.69) is 26.6 Å². The van der Waals surface area contributed by atoms with E-state index >= 15 is 0 Å². The van der Waals surface area contributed by atoms with Crippen molar-refractivity contribution in [3.8, 4) is 0 Å². The summed E-state index contributed by atoms with van der Waals surface area (Å²) in [5.41, 5.74) is 1.23. The SMILES string of the molecule is CNC(=O)c1cccc(NC(=O)c2ccc(F)cc2Br)c1. The molecule has 0 atom stereocenters. The minimum Gasteiger partial charge on any atom is -0.355 e. The molecule has 4 nitrogen and oxygen atoms in total. The molecule has 0 aliphatic heterocycles. The Hall–Kier alpha value is -2.21. The van der Waals surface area contributed by atoms with E-state index in [0.717, 1.165) is 0 Å². The van der Waals surface area contributed by atoms with Crippen molar-refractivity contribution in [3.63, 3.8) is 0 Å². The van der Waals surface area contributed by atoms with Crippen LogP contribution >= 0.6 is 15.9 Å². The smallest absolute Gasteiger partial charge is 0.256 e. The van der Waals surface area contributed by atoms with Gasteiger partial charge in [0.05, 0.1) is 5.56 Å². The molecular weight excluding hydrogens is 339 g/mol. The molecule has 0 heterocycles. The summed E-state index contributed by atoms with van der Waals surface area (Å²) in [6, 6.07) is 10.4. The predicted molar refractivity (Wildman–Crippen MR) is 81.9 cm³/mol. The fourth-order valence-electron chi connectivity index (χ4n) is 1.75. The van der Waals surface area contributed by atoms with Crippen LogP contribution in [0.1, 0.15) is 20.7 Å². The van der Waals surface area contributed by atoms with E-state index in [1.54, 1.807) is 24.3 Å². The molecule has 6 heteroatoms. The van der Waals surface area contributed by atoms with E-state index in [1.165, 1.54) is 25.2 Å². The quantitative estimate of drug-likeness (QED) is 0.892. The molecule has 2 rings (SSSR count). The van der Waals surface area contributed by atoms with E-state index in [-0.39, 0.29) is 5.91 Å². The van der Waals surface area contributed by atoms with Crippen molar-refractivity contribution in [3.05, 3.63) is 63.9 Å². The summed E-state index contributed by atoms with van der Waals surface area (Å²) < 4.78 is 13.4. The Balaban J connectivity index is 2.21. The molecule has 2 N–H and O–H groups in total. The first kappa shape index (κ1) is 15.2. The number of rotatable bonds is 3. The van der Waals surface area contributed by atoms with Gasteiger partial charge in [-0.25, -0.2) is 4.39 Å². The molecule has 0 aromatic heterocycles. The van der Waals surface area contributed by atoms with Gasteiger partial charge in [-0.1, -0.05) is 6.07 Å². The monoisotopic (exact) mass is 350 g/mol. The second kappa shape index (κ2) is 6.49. The first-order chi connectivity index (χ1) is 10.0. The van der Waals surface area contributed by atoms with Gasteiger partial charge in [0.1, 0.15) is 5.82 Å². The van der Waals surface area contributed by atoms with E-state index in [1.807, 2.05) is 0 Å². The molecule has 2 amide bonds. The van der Waals surface area contributed by atoms with Crippen molar-refractivity contribution in [1.82, 2.24) is 5.32 Å². The summed E-state index contributed by atoms with van der Waals surface area (Å²) in [4.78, 5) is 23.7. The van der Waals surface area contributed by atoms with E-state index in [4.69, 9.17) is 0 Å². The van der Waals surface area contributed by atoms with E-state index in [0.29, 0.717) is 21.3 Å². The summed E-state index contributed by atoms with van der Waals surface area (Å²) in [5, 5.41) is 5.17. The molecule has 0 unspecified atom stereocenters. The fourth-order valence-corrected chi connectivity index (χ4v) is 2.29. The maximum absolute atomic E-state index is 13.0. The Bertz CT molecular complexity index is 704. The highest BCUT2D eigenvalue weighted by Gasteiger charge is 2.12. The molecule has 0 saturated heterocycles. The molecule has 2 aromatic carbocycles. The van der Waals surface area contributed by atoms with Gasteiger partial charge in [0.15, 0.2) is 0 Å². The summed E-state index contributed by atoms with van der Waals surface area (Å²) >= 11 is 3.15. The number of halogens is 2. The zero-order valence-electron chi connectivity index (χ0n) is 11.1. The maximum atomic E-state index is 13.0. The number of carbonyl (C=O) groups is 2. The Kier molecular flexibility index (Phi) is 4.70. The van der Waals surface area contributed by atoms with Crippen molar-refractivity contribution in [1.29, 1.82) is 0 Å². The third-order valence-corrected chi connectivity index (χ3v) is 3.44. The Morgan fingerprint density at radius 2 is 1.86 bits per heavy atom. The van der Waals surface area contributed by atoms with Gasteiger partial charge in [-0.15, -0.1) is 0 Å². The van der Waals surface area contributed by atoms with Crippen molar-refractivity contribution in [2.45, 2.75) is 0 Å². The lowest BCUT2D eigenvalue weighted by atomic mass is 10.1. The van der Waals surface area contributed by atoms with Gasteiger partial charge >= 0.3 is 0 Å². The maximum Gasteiger partial charge on any atom is 0.256 e. The van der Waals surface area contributed by atoms with Crippen LogP contribution in [0, 0.1) is 5.82 Å². The van der Waals surface area contributed by atoms with Gasteiger partial charge in [-0.3, -0.25) is 9.59 Å². The minimum atomic E-state index is -0.431. The summed E-state index contributed by atoms with van der Waals surface area (Å²) in [6.07, 6.45) is 0. The van der Waals surface area contributed by atoms with Gasteiger partial charge < -0.3 is 10.6 Å². The molecule has 0 saturated carbocycles. The van der Waals surface area contributed by atoms with Crippen LogP contribution in [-0.4, -0.2) is 18.9 Å². The Morgan fingerprint density at radius 3 is 2.52 bits per heavy atom. The normalized spacial score (nSPS) is 10.0. The first-order valence-electron chi connectivity index (χ1n) is 6.10. The number of benzene rings is 2. The predicted octanol–water partition coefficient (Wildman–Crippen LogP) is 3.20. The third-order valence-electron chi connectivity index (χ3n) is 2.79. The summed E-state index contributed by atoms with van der Waals surface area (Å²) in [6.45, 7) is 0. The highest BCUT2D eigenvalue weighted by atomic mass is 79.9. The van der Waals surface area contributed by atoms with Crippen LogP contribution in [0.4, 0.5) is 10.1 Å². The Morgan fingerprint density at radius 1 is 1.10 bits per heavy atom. The molecule has 0 bridgehead atoms. The van der Waals surface area contributed by atoms with Crippen LogP contribution in [-0.2, 0) is 0 Å². The lowest BCUT2D eigenvalue weighted by molar-refractivity contribution is 0.0961. The molecule has 0 spiro atoms. The van der Waals surface area contributed by atoms with Crippen molar-refractivity contribution >= 4 is 33.4 Å². The molecule has 0 aliphatic rings. The Labute approximate surface area is 129 Å². The second-order valence-electron chi connectivity index (χ2n) is 4.24. The topological polar surface area (TPSA) is 58.2 Å². The van der Waals surface area contributed by atoms with Gasteiger partial charge in [-0.2, -0.15) is 0 Å². The van der Waals surface area contributed by atoms with Crippen molar-refractivity contribution in [2.24, 2.45) is 0 Å². The zero-order chi connectivity index (χ0) is 15.4. The molecule has 0 aliphatic carbocycles. The molecule has 0 radical (unpaired) electrons. The average Bonchev–Trinajstić information content (AvgIpc) is 2.46. The molecule has 0 fully saturated rings. The highest BCUT2D eigenvalue weighted by molar-refractivity contribution is 9.10. The van der Waals surface area contributed by atoms with E-state index in [9.17, 15) is 14.0 Å². The van der Waals surface area contributed by atoms with Gasteiger partial charge in [-0.05, 0) is 52.3 Å². The third kappa shape index (κ3) is 3.66. The fraction of sp³-hybridized carbons (Fsp3) is 0.0667. The van der Waals surface area contributed by atoms with Gasteiger partial charge in [0.2, 0.25) is 0 Å². The van der Waals surface area contributed by atoms with Crippen molar-refractivity contribution in [2.75, 3.05) is 12.4 Å². The number of hydrogen-bond acceptors (Lipinski definition) is 2. The van der Waals surface area contributed by atoms with Crippen LogP contribution in [0.3, 0.4) is 0 Å². The van der Waals surface area contributed by atoms with Crippen molar-refractivity contribution < 1.29 is 14.0 Å². The molecular formula is C15H12BrFN2O2. The summed E-state index contributed by atoms with van der Waals surface area (Å²) in [7, 11) is 1.53. The first-order valence-corrected chi connectivity index (χ1v) is 6.89. The minimum absolute atomic E-state index is 0.242. The highest BCUT2D eigenvalue weighted by Crippen LogP contribution is 2.20. The molecule has 21 heavy (non-hydrogen) atoms. The van der Waals surface area contributed by atoms with Crippen LogP contribution < -0.4 is 10.6 Å². The number of amides is 2. The molecule has 108 valence electrons. The standard InChI is InChI=1S/C15H12BrFN2O2/c1-18-14(20)9-3-2-4-11(7-9)19-15(21)12-6-5-10(17)8-13(12)16/h2-8H,1H3,(H,18,20)(H,19,21). The lowest BCUT2D eigenvalue weighted by Gasteiger charge is -2.08. The second-order valence-corrected chi connectivity index (χ2v) is 5.09.